The molecule has 0 bridgehead atoms. The van der Waals surface area contributed by atoms with Gasteiger partial charge in [-0.25, -0.2) is 14.8 Å². The van der Waals surface area contributed by atoms with E-state index in [2.05, 4.69) is 20.2 Å². The second-order valence-electron chi connectivity index (χ2n) is 3.86. The Labute approximate surface area is 136 Å². The molecule has 0 amide bonds. The van der Waals surface area contributed by atoms with Gasteiger partial charge in [0.05, 0.1) is 0 Å². The van der Waals surface area contributed by atoms with Crippen LogP contribution >= 0.6 is 46.2 Å². The molecule has 3 aromatic heterocycles. The Morgan fingerprint density at radius 3 is 2.67 bits per heavy atom. The highest BCUT2D eigenvalue weighted by Gasteiger charge is 2.19. The Balaban J connectivity index is 2.07. The van der Waals surface area contributed by atoms with E-state index in [4.69, 9.17) is 0 Å². The van der Waals surface area contributed by atoms with Crippen molar-refractivity contribution in [3.63, 3.8) is 0 Å². The third kappa shape index (κ3) is 2.76. The Bertz CT molecular complexity index is 829. The maximum atomic E-state index is 11.2. The zero-order chi connectivity index (χ0) is 15.0. The van der Waals surface area contributed by atoms with Crippen molar-refractivity contribution in [3.8, 4) is 0 Å². The number of aromatic nitrogens is 4. The van der Waals surface area contributed by atoms with Gasteiger partial charge in [-0.15, -0.1) is 21.5 Å². The third-order valence-electron chi connectivity index (χ3n) is 2.63. The van der Waals surface area contributed by atoms with Crippen molar-refractivity contribution in [2.45, 2.75) is 20.6 Å². The Morgan fingerprint density at radius 2 is 2.00 bits per heavy atom. The summed E-state index contributed by atoms with van der Waals surface area (Å²) in [6, 6.07) is 0. The molecular weight excluding hydrogens is 348 g/mol. The van der Waals surface area contributed by atoms with Crippen molar-refractivity contribution < 1.29 is 9.90 Å². The summed E-state index contributed by atoms with van der Waals surface area (Å²) < 4.78 is 1.66. The van der Waals surface area contributed by atoms with Crippen molar-refractivity contribution in [1.82, 2.24) is 20.2 Å². The number of carboxylic acids is 1. The van der Waals surface area contributed by atoms with Crippen LogP contribution in [-0.2, 0) is 0 Å². The van der Waals surface area contributed by atoms with Gasteiger partial charge in [-0.3, -0.25) is 0 Å². The van der Waals surface area contributed by atoms with Crippen LogP contribution in [0.5, 0.6) is 0 Å². The lowest BCUT2D eigenvalue weighted by atomic mass is 10.2. The topological polar surface area (TPSA) is 88.9 Å². The van der Waals surface area contributed by atoms with Crippen molar-refractivity contribution in [2.24, 2.45) is 0 Å². The Hall–Kier alpha value is -1.23. The number of carbonyl (C=O) groups is 1. The van der Waals surface area contributed by atoms with Gasteiger partial charge in [0.1, 0.15) is 21.1 Å². The SMILES string of the molecule is CSc1nnc(Sc2ncnc3sc(C(=O)O)c(C)c23)s1. The van der Waals surface area contributed by atoms with E-state index in [1.807, 2.05) is 6.26 Å². The number of hydrogen-bond acceptors (Lipinski definition) is 9. The molecule has 0 unspecified atom stereocenters. The smallest absolute Gasteiger partial charge is 0.346 e. The van der Waals surface area contributed by atoms with Crippen molar-refractivity contribution in [2.75, 3.05) is 6.26 Å². The van der Waals surface area contributed by atoms with Gasteiger partial charge in [0.2, 0.25) is 0 Å². The molecule has 10 heteroatoms. The van der Waals surface area contributed by atoms with E-state index in [-0.39, 0.29) is 0 Å². The van der Waals surface area contributed by atoms with Crippen LogP contribution in [0.1, 0.15) is 15.2 Å². The molecule has 1 N–H and O–H groups in total. The summed E-state index contributed by atoms with van der Waals surface area (Å²) in [4.78, 5) is 20.6. The Kier molecular flexibility index (Phi) is 4.11. The summed E-state index contributed by atoms with van der Waals surface area (Å²) in [7, 11) is 0. The monoisotopic (exact) mass is 356 g/mol. The normalized spacial score (nSPS) is 11.1. The van der Waals surface area contributed by atoms with Gasteiger partial charge in [-0.1, -0.05) is 23.1 Å². The number of thiophene rings is 1. The molecule has 0 aliphatic rings. The fourth-order valence-corrected chi connectivity index (χ4v) is 5.28. The van der Waals surface area contributed by atoms with Crippen LogP contribution in [0.3, 0.4) is 0 Å². The summed E-state index contributed by atoms with van der Waals surface area (Å²) in [5.41, 5.74) is 0.695. The number of nitrogens with zero attached hydrogens (tertiary/aromatic N) is 4. The first-order valence-corrected chi connectivity index (χ1v) is 9.30. The minimum absolute atomic E-state index is 0.300. The molecule has 0 radical (unpaired) electrons. The molecular formula is C11H8N4O2S4. The first kappa shape index (κ1) is 14.7. The molecule has 0 atom stereocenters. The standard InChI is InChI=1S/C11H8N4O2S4/c1-4-5-7(19-6(4)9(16)17)12-3-13-8(5)20-11-15-14-10(18-2)21-11/h3H,1-2H3,(H,16,17). The van der Waals surface area contributed by atoms with Crippen LogP contribution in [0.2, 0.25) is 0 Å². The zero-order valence-corrected chi connectivity index (χ0v) is 14.1. The van der Waals surface area contributed by atoms with Crippen molar-refractivity contribution in [3.05, 3.63) is 16.8 Å². The van der Waals surface area contributed by atoms with Crippen LogP contribution in [0.4, 0.5) is 0 Å². The minimum Gasteiger partial charge on any atom is -0.477 e. The number of thioether (sulfide) groups is 1. The average molecular weight is 356 g/mol. The Morgan fingerprint density at radius 1 is 1.24 bits per heavy atom. The quantitative estimate of drug-likeness (QED) is 0.562. The lowest BCUT2D eigenvalue weighted by molar-refractivity contribution is 0.0701. The fourth-order valence-electron chi connectivity index (χ4n) is 1.72. The molecule has 0 aromatic carbocycles. The molecule has 108 valence electrons. The molecule has 0 saturated carbocycles. The van der Waals surface area contributed by atoms with Gasteiger partial charge in [-0.05, 0) is 30.5 Å². The van der Waals surface area contributed by atoms with Crippen molar-refractivity contribution >= 4 is 62.4 Å². The largest absolute Gasteiger partial charge is 0.477 e. The molecule has 3 rings (SSSR count). The molecule has 0 spiro atoms. The highest BCUT2D eigenvalue weighted by Crippen LogP contribution is 2.39. The second-order valence-corrected chi connectivity index (χ2v) is 8.13. The molecule has 6 nitrogen and oxygen atoms in total. The molecule has 0 aliphatic heterocycles. The van der Waals surface area contributed by atoms with Crippen LogP contribution < -0.4 is 0 Å². The maximum Gasteiger partial charge on any atom is 0.346 e. The molecule has 3 heterocycles. The van der Waals surface area contributed by atoms with Crippen LogP contribution in [0.15, 0.2) is 20.0 Å². The van der Waals surface area contributed by atoms with E-state index in [1.54, 1.807) is 6.92 Å². The van der Waals surface area contributed by atoms with Gasteiger partial charge in [0, 0.05) is 5.39 Å². The summed E-state index contributed by atoms with van der Waals surface area (Å²) >= 11 is 5.58. The van der Waals surface area contributed by atoms with Gasteiger partial charge >= 0.3 is 5.97 Å². The van der Waals surface area contributed by atoms with Gasteiger partial charge in [0.15, 0.2) is 8.68 Å². The molecule has 0 fully saturated rings. The summed E-state index contributed by atoms with van der Waals surface area (Å²) in [6.07, 6.45) is 3.39. The van der Waals surface area contributed by atoms with Crippen LogP contribution in [0.25, 0.3) is 10.2 Å². The summed E-state index contributed by atoms with van der Waals surface area (Å²) in [6.45, 7) is 1.78. The average Bonchev–Trinajstić information content (AvgIpc) is 3.04. The van der Waals surface area contributed by atoms with Gasteiger partial charge in [-0.2, -0.15) is 0 Å². The first-order valence-electron chi connectivity index (χ1n) is 5.63. The molecule has 0 saturated heterocycles. The predicted molar refractivity (Wildman–Crippen MR) is 84.9 cm³/mol. The number of carboxylic acid groups (broad SMARTS) is 1. The summed E-state index contributed by atoms with van der Waals surface area (Å²) in [5, 5.41) is 18.9. The van der Waals surface area contributed by atoms with Crippen LogP contribution in [-0.4, -0.2) is 37.5 Å². The van der Waals surface area contributed by atoms with E-state index in [0.29, 0.717) is 20.3 Å². The second kappa shape index (κ2) is 5.87. The van der Waals surface area contributed by atoms with Gasteiger partial charge < -0.3 is 5.11 Å². The molecule has 0 aliphatic carbocycles. The summed E-state index contributed by atoms with van der Waals surface area (Å²) in [5.74, 6) is -0.938. The molecule has 21 heavy (non-hydrogen) atoms. The van der Waals surface area contributed by atoms with E-state index in [9.17, 15) is 9.90 Å². The van der Waals surface area contributed by atoms with E-state index < -0.39 is 5.97 Å². The number of fused-ring (bicyclic) bond motifs is 1. The van der Waals surface area contributed by atoms with E-state index in [1.165, 1.54) is 52.5 Å². The third-order valence-corrected chi connectivity index (χ3v) is 6.77. The fraction of sp³-hybridized carbons (Fsp3) is 0.182. The highest BCUT2D eigenvalue weighted by molar-refractivity contribution is 8.03. The van der Waals surface area contributed by atoms with Crippen LogP contribution in [0, 0.1) is 6.92 Å². The predicted octanol–water partition coefficient (Wildman–Crippen LogP) is 3.42. The lowest BCUT2D eigenvalue weighted by Gasteiger charge is -1.99. The number of hydrogen-bond donors (Lipinski definition) is 1. The lowest BCUT2D eigenvalue weighted by Crippen LogP contribution is -1.94. The van der Waals surface area contributed by atoms with E-state index in [0.717, 1.165) is 14.1 Å². The first-order chi connectivity index (χ1) is 10.1. The number of rotatable bonds is 4. The number of aromatic carboxylic acids is 1. The van der Waals surface area contributed by atoms with Crippen molar-refractivity contribution in [1.29, 1.82) is 0 Å². The van der Waals surface area contributed by atoms with E-state index >= 15 is 0 Å². The highest BCUT2D eigenvalue weighted by atomic mass is 32.2. The maximum absolute atomic E-state index is 11.2. The molecule has 3 aromatic rings. The number of aryl methyl sites for hydroxylation is 1. The zero-order valence-electron chi connectivity index (χ0n) is 10.9. The van der Waals surface area contributed by atoms with Gasteiger partial charge in [0.25, 0.3) is 0 Å². The minimum atomic E-state index is -0.938.